The molecule has 0 bridgehead atoms. The van der Waals surface area contributed by atoms with Gasteiger partial charge in [-0.25, -0.2) is 0 Å². The van der Waals surface area contributed by atoms with E-state index in [-0.39, 0.29) is 0 Å². The van der Waals surface area contributed by atoms with Crippen molar-refractivity contribution in [1.82, 2.24) is 5.32 Å². The highest BCUT2D eigenvalue weighted by Gasteiger charge is 2.24. The molecule has 0 aliphatic heterocycles. The normalized spacial score (nSPS) is 28.3. The largest absolute Gasteiger partial charge is 0.310 e. The van der Waals surface area contributed by atoms with E-state index in [1.54, 1.807) is 0 Å². The molecule has 0 aromatic heterocycles. The van der Waals surface area contributed by atoms with Crippen molar-refractivity contribution in [3.63, 3.8) is 0 Å². The summed E-state index contributed by atoms with van der Waals surface area (Å²) >= 11 is 12.1. The molecular weight excluding hydrogens is 265 g/mol. The Balaban J connectivity index is 1.88. The van der Waals surface area contributed by atoms with Crippen LogP contribution in [0.15, 0.2) is 18.2 Å². The molecule has 1 nitrogen and oxygen atoms in total. The molecule has 3 unspecified atom stereocenters. The van der Waals surface area contributed by atoms with Crippen LogP contribution in [0.2, 0.25) is 10.0 Å². The number of hydrogen-bond acceptors (Lipinski definition) is 1. The van der Waals surface area contributed by atoms with Crippen LogP contribution in [0.25, 0.3) is 0 Å². The van der Waals surface area contributed by atoms with Crippen molar-refractivity contribution in [1.29, 1.82) is 0 Å². The van der Waals surface area contributed by atoms with Crippen molar-refractivity contribution in [2.24, 2.45) is 11.8 Å². The summed E-state index contributed by atoms with van der Waals surface area (Å²) in [5, 5.41) is 5.08. The number of hydrogen-bond donors (Lipinski definition) is 1. The topological polar surface area (TPSA) is 12.0 Å². The molecule has 0 saturated heterocycles. The Morgan fingerprint density at radius 1 is 1.17 bits per heavy atom. The van der Waals surface area contributed by atoms with Gasteiger partial charge in [-0.1, -0.05) is 43.1 Å². The lowest BCUT2D eigenvalue weighted by Gasteiger charge is -2.32. The minimum absolute atomic E-state index is 0.628. The molecule has 3 heteroatoms. The van der Waals surface area contributed by atoms with Crippen LogP contribution >= 0.6 is 23.2 Å². The zero-order chi connectivity index (χ0) is 13.1. The zero-order valence-corrected chi connectivity index (χ0v) is 12.6. The van der Waals surface area contributed by atoms with E-state index in [1.165, 1.54) is 19.3 Å². The monoisotopic (exact) mass is 285 g/mol. The molecule has 0 heterocycles. The molecule has 0 spiro atoms. The average Bonchev–Trinajstić information content (AvgIpc) is 2.32. The van der Waals surface area contributed by atoms with Crippen molar-refractivity contribution >= 4 is 23.2 Å². The first-order valence-corrected chi connectivity index (χ1v) is 7.49. The molecule has 1 aromatic rings. The van der Waals surface area contributed by atoms with Gasteiger partial charge in [0.05, 0.1) is 0 Å². The highest BCUT2D eigenvalue weighted by atomic mass is 35.5. The summed E-state index contributed by atoms with van der Waals surface area (Å²) in [5.41, 5.74) is 1.13. The van der Waals surface area contributed by atoms with E-state index < -0.39 is 0 Å². The second-order valence-corrected chi connectivity index (χ2v) is 6.42. The maximum absolute atomic E-state index is 6.17. The standard InChI is InChI=1S/C15H21Cl2N/c1-10-3-6-14(7-11(10)2)18-9-12-4-5-13(16)8-15(12)17/h4-5,8,10-11,14,18H,3,6-7,9H2,1-2H3. The fourth-order valence-electron chi connectivity index (χ4n) is 2.65. The van der Waals surface area contributed by atoms with Crippen LogP contribution in [-0.2, 0) is 6.54 Å². The number of rotatable bonds is 3. The fourth-order valence-corrected chi connectivity index (χ4v) is 3.13. The van der Waals surface area contributed by atoms with Crippen LogP contribution in [0, 0.1) is 11.8 Å². The summed E-state index contributed by atoms with van der Waals surface area (Å²) in [6.07, 6.45) is 3.87. The van der Waals surface area contributed by atoms with Crippen molar-refractivity contribution in [3.8, 4) is 0 Å². The van der Waals surface area contributed by atoms with Crippen LogP contribution in [0.4, 0.5) is 0 Å². The Morgan fingerprint density at radius 2 is 1.94 bits per heavy atom. The maximum Gasteiger partial charge on any atom is 0.0465 e. The van der Waals surface area contributed by atoms with Gasteiger partial charge in [-0.15, -0.1) is 0 Å². The molecule has 18 heavy (non-hydrogen) atoms. The second-order valence-electron chi connectivity index (χ2n) is 5.58. The first-order valence-electron chi connectivity index (χ1n) is 6.73. The SMILES string of the molecule is CC1CCC(NCc2ccc(Cl)cc2Cl)CC1C. The lowest BCUT2D eigenvalue weighted by Crippen LogP contribution is -2.35. The summed E-state index contributed by atoms with van der Waals surface area (Å²) in [7, 11) is 0. The summed E-state index contributed by atoms with van der Waals surface area (Å²) < 4.78 is 0. The molecule has 3 atom stereocenters. The molecule has 1 aliphatic carbocycles. The molecule has 0 radical (unpaired) electrons. The third kappa shape index (κ3) is 3.63. The van der Waals surface area contributed by atoms with Gasteiger partial charge in [0.15, 0.2) is 0 Å². The lowest BCUT2D eigenvalue weighted by molar-refractivity contribution is 0.225. The van der Waals surface area contributed by atoms with Gasteiger partial charge in [-0.3, -0.25) is 0 Å². The van der Waals surface area contributed by atoms with E-state index in [0.717, 1.165) is 29.0 Å². The predicted octanol–water partition coefficient (Wildman–Crippen LogP) is 4.91. The number of halogens is 2. The summed E-state index contributed by atoms with van der Waals surface area (Å²) in [4.78, 5) is 0. The van der Waals surface area contributed by atoms with E-state index in [9.17, 15) is 0 Å². The highest BCUT2D eigenvalue weighted by Crippen LogP contribution is 2.29. The fraction of sp³-hybridized carbons (Fsp3) is 0.600. The van der Waals surface area contributed by atoms with Crippen LogP contribution in [0.1, 0.15) is 38.7 Å². The second kappa shape index (κ2) is 6.27. The van der Waals surface area contributed by atoms with Gasteiger partial charge in [0.1, 0.15) is 0 Å². The van der Waals surface area contributed by atoms with Crippen molar-refractivity contribution in [2.45, 2.75) is 45.7 Å². The Bertz CT molecular complexity index is 405. The van der Waals surface area contributed by atoms with E-state index >= 15 is 0 Å². The molecule has 100 valence electrons. The first kappa shape index (κ1) is 14.2. The average molecular weight is 286 g/mol. The van der Waals surface area contributed by atoms with E-state index in [1.807, 2.05) is 18.2 Å². The Labute approximate surface area is 120 Å². The van der Waals surface area contributed by atoms with Gasteiger partial charge < -0.3 is 5.32 Å². The van der Waals surface area contributed by atoms with Gasteiger partial charge in [0, 0.05) is 22.6 Å². The minimum Gasteiger partial charge on any atom is -0.310 e. The molecule has 1 fully saturated rings. The van der Waals surface area contributed by atoms with Crippen molar-refractivity contribution in [2.75, 3.05) is 0 Å². The van der Waals surface area contributed by atoms with Crippen molar-refractivity contribution in [3.05, 3.63) is 33.8 Å². The van der Waals surface area contributed by atoms with Gasteiger partial charge in [0.2, 0.25) is 0 Å². The maximum atomic E-state index is 6.17. The zero-order valence-electron chi connectivity index (χ0n) is 11.0. The third-order valence-corrected chi connectivity index (χ3v) is 4.78. The molecule has 0 amide bonds. The molecule has 1 aromatic carbocycles. The van der Waals surface area contributed by atoms with Crippen LogP contribution < -0.4 is 5.32 Å². The molecular formula is C15H21Cl2N. The first-order chi connectivity index (χ1) is 8.56. The Hall–Kier alpha value is -0.240. The van der Waals surface area contributed by atoms with E-state index in [4.69, 9.17) is 23.2 Å². The quantitative estimate of drug-likeness (QED) is 0.832. The van der Waals surface area contributed by atoms with Gasteiger partial charge in [0.25, 0.3) is 0 Å². The van der Waals surface area contributed by atoms with E-state index in [2.05, 4.69) is 19.2 Å². The smallest absolute Gasteiger partial charge is 0.0465 e. The Morgan fingerprint density at radius 3 is 2.61 bits per heavy atom. The summed E-state index contributed by atoms with van der Waals surface area (Å²) in [6.45, 7) is 5.55. The van der Waals surface area contributed by atoms with Crippen LogP contribution in [0.3, 0.4) is 0 Å². The number of nitrogens with one attached hydrogen (secondary N) is 1. The molecule has 1 aliphatic rings. The predicted molar refractivity (Wildman–Crippen MR) is 79.3 cm³/mol. The van der Waals surface area contributed by atoms with Crippen molar-refractivity contribution < 1.29 is 0 Å². The lowest BCUT2D eigenvalue weighted by atomic mass is 9.79. The third-order valence-electron chi connectivity index (χ3n) is 4.19. The highest BCUT2D eigenvalue weighted by molar-refractivity contribution is 6.35. The van der Waals surface area contributed by atoms with Crippen LogP contribution in [-0.4, -0.2) is 6.04 Å². The summed E-state index contributed by atoms with van der Waals surface area (Å²) in [6, 6.07) is 6.34. The van der Waals surface area contributed by atoms with Gasteiger partial charge in [-0.2, -0.15) is 0 Å². The van der Waals surface area contributed by atoms with E-state index in [0.29, 0.717) is 11.1 Å². The molecule has 1 N–H and O–H groups in total. The number of benzene rings is 1. The van der Waals surface area contributed by atoms with Gasteiger partial charge >= 0.3 is 0 Å². The minimum atomic E-state index is 0.628. The molecule has 1 saturated carbocycles. The summed E-state index contributed by atoms with van der Waals surface area (Å²) in [5.74, 6) is 1.68. The Kier molecular flexibility index (Phi) is 4.94. The van der Waals surface area contributed by atoms with Gasteiger partial charge in [-0.05, 0) is 48.8 Å². The molecule has 2 rings (SSSR count). The van der Waals surface area contributed by atoms with Crippen LogP contribution in [0.5, 0.6) is 0 Å².